The second-order valence-electron chi connectivity index (χ2n) is 6.90. The van der Waals surface area contributed by atoms with E-state index in [1.807, 2.05) is 0 Å². The number of carbonyl (C=O) groups is 3. The number of fused-ring (bicyclic) bond motifs is 1. The Morgan fingerprint density at radius 3 is 2.44 bits per heavy atom. The molecule has 0 saturated carbocycles. The molecule has 1 saturated heterocycles. The average Bonchev–Trinajstić information content (AvgIpc) is 2.76. The van der Waals surface area contributed by atoms with E-state index in [4.69, 9.17) is 5.73 Å². The van der Waals surface area contributed by atoms with Gasteiger partial charge in [0.15, 0.2) is 0 Å². The molecule has 0 unspecified atom stereocenters. The van der Waals surface area contributed by atoms with Crippen molar-refractivity contribution in [2.45, 2.75) is 51.9 Å². The maximum absolute atomic E-state index is 12.6. The lowest BCUT2D eigenvalue weighted by molar-refractivity contribution is -0.132. The Morgan fingerprint density at radius 2 is 1.80 bits per heavy atom. The van der Waals surface area contributed by atoms with Crippen molar-refractivity contribution in [2.75, 3.05) is 18.4 Å². The molecular formula is C18H25N3O3S. The summed E-state index contributed by atoms with van der Waals surface area (Å²) in [5.74, 6) is -0.599. The SMILES string of the molecule is CC(=O)N1CCC(C(=O)Nc2sc3c(c2C(N)=O)CCCCC3)CC1. The quantitative estimate of drug-likeness (QED) is 0.807. The molecule has 0 bridgehead atoms. The third kappa shape index (κ3) is 3.86. The number of piperidine rings is 1. The van der Waals surface area contributed by atoms with Gasteiger partial charge in [0.2, 0.25) is 11.8 Å². The number of nitrogens with two attached hydrogens (primary N) is 1. The van der Waals surface area contributed by atoms with E-state index in [9.17, 15) is 14.4 Å². The lowest BCUT2D eigenvalue weighted by Crippen LogP contribution is -2.40. The summed E-state index contributed by atoms with van der Waals surface area (Å²) in [7, 11) is 0. The van der Waals surface area contributed by atoms with E-state index in [0.29, 0.717) is 36.5 Å². The van der Waals surface area contributed by atoms with Crippen LogP contribution in [0.5, 0.6) is 0 Å². The fourth-order valence-electron chi connectivity index (χ4n) is 3.76. The molecule has 1 fully saturated rings. The van der Waals surface area contributed by atoms with Crippen LogP contribution in [0, 0.1) is 5.92 Å². The Hall–Kier alpha value is -1.89. The minimum atomic E-state index is -0.457. The average molecular weight is 363 g/mol. The molecule has 2 aliphatic rings. The van der Waals surface area contributed by atoms with Crippen molar-refractivity contribution in [2.24, 2.45) is 11.7 Å². The van der Waals surface area contributed by atoms with Gasteiger partial charge in [-0.15, -0.1) is 11.3 Å². The molecule has 0 radical (unpaired) electrons. The molecule has 25 heavy (non-hydrogen) atoms. The summed E-state index contributed by atoms with van der Waals surface area (Å²) in [5.41, 5.74) is 7.16. The number of nitrogens with zero attached hydrogens (tertiary/aromatic N) is 1. The number of carbonyl (C=O) groups excluding carboxylic acids is 3. The first-order valence-corrected chi connectivity index (χ1v) is 9.79. The first kappa shape index (κ1) is 17.9. The third-order valence-electron chi connectivity index (χ3n) is 5.22. The molecule has 6 nitrogen and oxygen atoms in total. The zero-order valence-corrected chi connectivity index (χ0v) is 15.4. The zero-order chi connectivity index (χ0) is 18.0. The first-order valence-electron chi connectivity index (χ1n) is 8.98. The summed E-state index contributed by atoms with van der Waals surface area (Å²) in [6, 6.07) is 0. The van der Waals surface area contributed by atoms with Crippen LogP contribution in [0.1, 0.15) is 59.8 Å². The highest BCUT2D eigenvalue weighted by molar-refractivity contribution is 7.17. The molecule has 1 aliphatic carbocycles. The number of hydrogen-bond acceptors (Lipinski definition) is 4. The number of rotatable bonds is 3. The maximum atomic E-state index is 12.6. The van der Waals surface area contributed by atoms with Gasteiger partial charge in [-0.25, -0.2) is 0 Å². The van der Waals surface area contributed by atoms with Crippen molar-refractivity contribution in [1.82, 2.24) is 4.90 Å². The van der Waals surface area contributed by atoms with Gasteiger partial charge in [-0.3, -0.25) is 14.4 Å². The van der Waals surface area contributed by atoms with Gasteiger partial charge >= 0.3 is 0 Å². The number of likely N-dealkylation sites (tertiary alicyclic amines) is 1. The number of nitrogens with one attached hydrogen (secondary N) is 1. The van der Waals surface area contributed by atoms with E-state index in [-0.39, 0.29) is 17.7 Å². The summed E-state index contributed by atoms with van der Waals surface area (Å²) in [6.45, 7) is 2.77. The molecule has 1 aromatic heterocycles. The molecule has 0 spiro atoms. The molecule has 1 aliphatic heterocycles. The van der Waals surface area contributed by atoms with Crippen molar-refractivity contribution in [1.29, 1.82) is 0 Å². The van der Waals surface area contributed by atoms with Crippen molar-refractivity contribution < 1.29 is 14.4 Å². The second-order valence-corrected chi connectivity index (χ2v) is 8.01. The monoisotopic (exact) mass is 363 g/mol. The zero-order valence-electron chi connectivity index (χ0n) is 14.6. The van der Waals surface area contributed by atoms with Crippen LogP contribution < -0.4 is 11.1 Å². The van der Waals surface area contributed by atoms with E-state index in [0.717, 1.165) is 37.7 Å². The van der Waals surface area contributed by atoms with Gasteiger partial charge in [0.1, 0.15) is 5.00 Å². The van der Waals surface area contributed by atoms with Crippen LogP contribution in [-0.4, -0.2) is 35.7 Å². The Kier molecular flexibility index (Phi) is 5.42. The summed E-state index contributed by atoms with van der Waals surface area (Å²) in [4.78, 5) is 39.0. The van der Waals surface area contributed by atoms with Crippen molar-refractivity contribution in [3.63, 3.8) is 0 Å². The molecule has 2 heterocycles. The van der Waals surface area contributed by atoms with Gasteiger partial charge in [-0.1, -0.05) is 6.42 Å². The van der Waals surface area contributed by atoms with Gasteiger partial charge in [0, 0.05) is 30.8 Å². The standard InChI is InChI=1S/C18H25N3O3S/c1-11(22)21-9-7-12(8-10-21)17(24)20-18-15(16(19)23)13-5-3-2-4-6-14(13)25-18/h12H,2-10H2,1H3,(H2,19,23)(H,20,24). The van der Waals surface area contributed by atoms with Gasteiger partial charge in [0.25, 0.3) is 5.91 Å². The minimum absolute atomic E-state index is 0.0527. The predicted octanol–water partition coefficient (Wildman–Crippen LogP) is 2.31. The van der Waals surface area contributed by atoms with E-state index in [2.05, 4.69) is 5.32 Å². The van der Waals surface area contributed by atoms with Crippen LogP contribution in [0.4, 0.5) is 5.00 Å². The predicted molar refractivity (Wildman–Crippen MR) is 97.7 cm³/mol. The third-order valence-corrected chi connectivity index (χ3v) is 6.42. The van der Waals surface area contributed by atoms with Crippen molar-refractivity contribution in [3.8, 4) is 0 Å². The Balaban J connectivity index is 1.73. The number of hydrogen-bond donors (Lipinski definition) is 2. The number of thiophene rings is 1. The highest BCUT2D eigenvalue weighted by atomic mass is 32.1. The Morgan fingerprint density at radius 1 is 1.12 bits per heavy atom. The topological polar surface area (TPSA) is 92.5 Å². The van der Waals surface area contributed by atoms with E-state index in [1.165, 1.54) is 16.2 Å². The molecule has 3 amide bonds. The fourth-order valence-corrected chi connectivity index (χ4v) is 5.06. The molecule has 1 aromatic rings. The van der Waals surface area contributed by atoms with Crippen LogP contribution in [0.2, 0.25) is 0 Å². The number of aryl methyl sites for hydroxylation is 1. The lowest BCUT2D eigenvalue weighted by Gasteiger charge is -2.30. The first-order chi connectivity index (χ1) is 12.0. The van der Waals surface area contributed by atoms with E-state index < -0.39 is 5.91 Å². The summed E-state index contributed by atoms with van der Waals surface area (Å²) in [5, 5.41) is 3.57. The van der Waals surface area contributed by atoms with Crippen LogP contribution in [0.3, 0.4) is 0 Å². The van der Waals surface area contributed by atoms with Gasteiger partial charge in [-0.2, -0.15) is 0 Å². The molecule has 0 atom stereocenters. The number of anilines is 1. The summed E-state index contributed by atoms with van der Waals surface area (Å²) in [6.07, 6.45) is 6.45. The smallest absolute Gasteiger partial charge is 0.251 e. The largest absolute Gasteiger partial charge is 0.365 e. The van der Waals surface area contributed by atoms with Gasteiger partial charge < -0.3 is 16.0 Å². The van der Waals surface area contributed by atoms with Crippen molar-refractivity contribution >= 4 is 34.1 Å². The summed E-state index contributed by atoms with van der Waals surface area (Å²) >= 11 is 1.50. The van der Waals surface area contributed by atoms with E-state index >= 15 is 0 Å². The van der Waals surface area contributed by atoms with Gasteiger partial charge in [0.05, 0.1) is 5.56 Å². The highest BCUT2D eigenvalue weighted by Gasteiger charge is 2.29. The van der Waals surface area contributed by atoms with E-state index in [1.54, 1.807) is 11.8 Å². The molecule has 0 aromatic carbocycles. The molecule has 136 valence electrons. The van der Waals surface area contributed by atoms with Crippen LogP contribution >= 0.6 is 11.3 Å². The van der Waals surface area contributed by atoms with Crippen LogP contribution in [-0.2, 0) is 22.4 Å². The second kappa shape index (κ2) is 7.56. The fraction of sp³-hybridized carbons (Fsp3) is 0.611. The summed E-state index contributed by atoms with van der Waals surface area (Å²) < 4.78 is 0. The highest BCUT2D eigenvalue weighted by Crippen LogP contribution is 2.37. The normalized spacial score (nSPS) is 18.4. The number of amides is 3. The van der Waals surface area contributed by atoms with Gasteiger partial charge in [-0.05, 0) is 44.1 Å². The van der Waals surface area contributed by atoms with Crippen molar-refractivity contribution in [3.05, 3.63) is 16.0 Å². The lowest BCUT2D eigenvalue weighted by atomic mass is 9.96. The molecule has 3 rings (SSSR count). The molecule has 7 heteroatoms. The maximum Gasteiger partial charge on any atom is 0.251 e. The molecular weight excluding hydrogens is 338 g/mol. The Labute approximate surface area is 151 Å². The number of primary amides is 1. The molecule has 3 N–H and O–H groups in total. The Bertz CT molecular complexity index is 690. The van der Waals surface area contributed by atoms with Crippen LogP contribution in [0.25, 0.3) is 0 Å². The van der Waals surface area contributed by atoms with Crippen LogP contribution in [0.15, 0.2) is 0 Å². The minimum Gasteiger partial charge on any atom is -0.365 e.